The molecule has 2 N–H and O–H groups in total. The van der Waals surface area contributed by atoms with Gasteiger partial charge in [-0.05, 0) is 24.6 Å². The van der Waals surface area contributed by atoms with Crippen LogP contribution in [0.4, 0.5) is 35.5 Å². The van der Waals surface area contributed by atoms with E-state index in [0.717, 1.165) is 12.1 Å². The van der Waals surface area contributed by atoms with Gasteiger partial charge in [0.1, 0.15) is 6.04 Å². The third-order valence-corrected chi connectivity index (χ3v) is 3.82. The van der Waals surface area contributed by atoms with E-state index in [2.05, 4.69) is 5.32 Å². The minimum absolute atomic E-state index is 0.441. The van der Waals surface area contributed by atoms with E-state index >= 15 is 0 Å². The van der Waals surface area contributed by atoms with Crippen LogP contribution >= 0.6 is 0 Å². The first kappa shape index (κ1) is 19.3. The Labute approximate surface area is 138 Å². The molecule has 1 aromatic carbocycles. The summed E-state index contributed by atoms with van der Waals surface area (Å²) in [7, 11) is 0. The minimum Gasteiger partial charge on any atom is -0.333 e. The number of rotatable bonds is 4. The van der Waals surface area contributed by atoms with E-state index in [1.165, 1.54) is 6.92 Å². The van der Waals surface area contributed by atoms with Crippen molar-refractivity contribution < 1.29 is 35.5 Å². The molecule has 1 saturated carbocycles. The number of halogens is 7. The fourth-order valence-electron chi connectivity index (χ4n) is 2.83. The van der Waals surface area contributed by atoms with Crippen molar-refractivity contribution in [2.75, 3.05) is 0 Å². The van der Waals surface area contributed by atoms with Gasteiger partial charge in [0, 0.05) is 12.8 Å². The van der Waals surface area contributed by atoms with Gasteiger partial charge in [0.15, 0.2) is 0 Å². The molecule has 1 fully saturated rings. The lowest BCUT2D eigenvalue weighted by Crippen LogP contribution is -2.62. The molecule has 0 aliphatic heterocycles. The van der Waals surface area contributed by atoms with Crippen molar-refractivity contribution >= 4 is 6.03 Å². The molecule has 0 spiro atoms. The summed E-state index contributed by atoms with van der Waals surface area (Å²) in [5, 5.41) is 4.01. The molecule has 0 radical (unpaired) electrons. The summed E-state index contributed by atoms with van der Waals surface area (Å²) in [6.07, 6.45) is -9.20. The van der Waals surface area contributed by atoms with Gasteiger partial charge in [0.25, 0.3) is 12.3 Å². The smallest absolute Gasteiger partial charge is 0.333 e. The number of benzene rings is 1. The number of urea groups is 1. The molecule has 0 bridgehead atoms. The molecule has 0 saturated heterocycles. The van der Waals surface area contributed by atoms with Crippen LogP contribution in [-0.4, -0.2) is 23.9 Å². The second-order valence-electron chi connectivity index (χ2n) is 6.30. The molecule has 0 heterocycles. The lowest BCUT2D eigenvalue weighted by atomic mass is 9.75. The second-order valence-corrected chi connectivity index (χ2v) is 6.30. The zero-order chi connectivity index (χ0) is 19.0. The highest BCUT2D eigenvalue weighted by atomic mass is 19.4. The first-order valence-corrected chi connectivity index (χ1v) is 7.23. The van der Waals surface area contributed by atoms with Gasteiger partial charge in [-0.25, -0.2) is 22.4 Å². The second kappa shape index (κ2) is 6.38. The van der Waals surface area contributed by atoms with Gasteiger partial charge >= 0.3 is 12.2 Å². The Kier molecular flexibility index (Phi) is 4.93. The molecule has 1 unspecified atom stereocenters. The quantitative estimate of drug-likeness (QED) is 0.751. The van der Waals surface area contributed by atoms with Crippen LogP contribution in [0.25, 0.3) is 0 Å². The van der Waals surface area contributed by atoms with Gasteiger partial charge in [-0.15, -0.1) is 0 Å². The minimum atomic E-state index is -4.73. The maximum atomic E-state index is 13.2. The molecular weight excluding hydrogens is 357 g/mol. The van der Waals surface area contributed by atoms with E-state index in [4.69, 9.17) is 0 Å². The highest BCUT2D eigenvalue weighted by Crippen LogP contribution is 2.45. The standard InChI is InChI=1S/C15H15F7N2O/c1-13(6-14(18,19)7-13)24-12(25)23-10(11(16)17)8-3-2-4-9(5-8)15(20,21)22/h2-5,10-11H,6-7H2,1H3,(H2,23,24,25). The van der Waals surface area contributed by atoms with Gasteiger partial charge in [0.05, 0.1) is 11.1 Å². The fraction of sp³-hybridized carbons (Fsp3) is 0.533. The van der Waals surface area contributed by atoms with Gasteiger partial charge in [-0.3, -0.25) is 0 Å². The highest BCUT2D eigenvalue weighted by molar-refractivity contribution is 5.75. The molecular formula is C15H15F7N2O. The zero-order valence-electron chi connectivity index (χ0n) is 12.9. The van der Waals surface area contributed by atoms with Gasteiger partial charge in [0.2, 0.25) is 0 Å². The summed E-state index contributed by atoms with van der Waals surface area (Å²) < 4.78 is 90.2. The van der Waals surface area contributed by atoms with Crippen molar-refractivity contribution in [2.45, 2.75) is 49.9 Å². The Morgan fingerprint density at radius 3 is 2.28 bits per heavy atom. The maximum Gasteiger partial charge on any atom is 0.416 e. The molecule has 2 amide bonds. The van der Waals surface area contributed by atoms with Crippen LogP contribution in [0.15, 0.2) is 24.3 Å². The molecule has 1 aliphatic rings. The van der Waals surface area contributed by atoms with Crippen molar-refractivity contribution in [2.24, 2.45) is 0 Å². The third kappa shape index (κ3) is 4.76. The molecule has 1 aromatic rings. The summed E-state index contributed by atoms with van der Waals surface area (Å²) in [6, 6.07) is 0.0269. The third-order valence-electron chi connectivity index (χ3n) is 3.82. The van der Waals surface area contributed by atoms with Crippen molar-refractivity contribution in [3.8, 4) is 0 Å². The Morgan fingerprint density at radius 1 is 1.20 bits per heavy atom. The monoisotopic (exact) mass is 372 g/mol. The van der Waals surface area contributed by atoms with Crippen LogP contribution in [-0.2, 0) is 6.18 Å². The van der Waals surface area contributed by atoms with Crippen LogP contribution in [0.1, 0.15) is 36.9 Å². The Morgan fingerprint density at radius 2 is 1.80 bits per heavy atom. The lowest BCUT2D eigenvalue weighted by molar-refractivity contribution is -0.137. The number of amides is 2. The number of hydrogen-bond acceptors (Lipinski definition) is 1. The summed E-state index contributed by atoms with van der Waals surface area (Å²) in [6.45, 7) is 1.33. The first-order valence-electron chi connectivity index (χ1n) is 7.23. The Hall–Kier alpha value is -2.00. The molecule has 0 aromatic heterocycles. The normalized spacial score (nSPS) is 19.9. The van der Waals surface area contributed by atoms with Gasteiger partial charge in [-0.2, -0.15) is 13.2 Å². The van der Waals surface area contributed by atoms with Crippen LogP contribution in [0.2, 0.25) is 0 Å². The first-order chi connectivity index (χ1) is 11.3. The number of hydrogen-bond donors (Lipinski definition) is 2. The van der Waals surface area contributed by atoms with Crippen molar-refractivity contribution in [1.29, 1.82) is 0 Å². The van der Waals surface area contributed by atoms with Crippen LogP contribution in [0.5, 0.6) is 0 Å². The number of carbonyl (C=O) groups is 1. The summed E-state index contributed by atoms with van der Waals surface area (Å²) in [4.78, 5) is 11.8. The van der Waals surface area contributed by atoms with E-state index in [1.807, 2.05) is 5.32 Å². The molecule has 2 rings (SSSR count). The van der Waals surface area contributed by atoms with Gasteiger partial charge < -0.3 is 10.6 Å². The average Bonchev–Trinajstić information content (AvgIpc) is 2.41. The van der Waals surface area contributed by atoms with E-state index < -0.39 is 60.1 Å². The molecule has 1 atom stereocenters. The molecule has 1 aliphatic carbocycles. The fourth-order valence-corrected chi connectivity index (χ4v) is 2.83. The van der Waals surface area contributed by atoms with Crippen molar-refractivity contribution in [3.05, 3.63) is 35.4 Å². The predicted octanol–water partition coefficient (Wildman–Crippen LogP) is 4.50. The number of alkyl halides is 7. The molecule has 25 heavy (non-hydrogen) atoms. The predicted molar refractivity (Wildman–Crippen MR) is 74.4 cm³/mol. The SMILES string of the molecule is CC1(NC(=O)NC(c2cccc(C(F)(F)F)c2)C(F)F)CC(F)(F)C1. The van der Waals surface area contributed by atoms with Crippen LogP contribution in [0, 0.1) is 0 Å². The largest absolute Gasteiger partial charge is 0.416 e. The van der Waals surface area contributed by atoms with Crippen molar-refractivity contribution in [3.63, 3.8) is 0 Å². The van der Waals surface area contributed by atoms with E-state index in [0.29, 0.717) is 12.1 Å². The summed E-state index contributed by atoms with van der Waals surface area (Å²) in [5.74, 6) is -2.94. The van der Waals surface area contributed by atoms with Crippen LogP contribution in [0.3, 0.4) is 0 Å². The number of nitrogens with one attached hydrogen (secondary N) is 2. The summed E-state index contributed by atoms with van der Waals surface area (Å²) >= 11 is 0. The van der Waals surface area contributed by atoms with Crippen LogP contribution < -0.4 is 10.6 Å². The maximum absolute atomic E-state index is 13.2. The zero-order valence-corrected chi connectivity index (χ0v) is 12.9. The molecule has 140 valence electrons. The number of carbonyl (C=O) groups excluding carboxylic acids is 1. The van der Waals surface area contributed by atoms with Gasteiger partial charge in [-0.1, -0.05) is 12.1 Å². The molecule has 3 nitrogen and oxygen atoms in total. The summed E-state index contributed by atoms with van der Waals surface area (Å²) in [5.41, 5.74) is -2.83. The van der Waals surface area contributed by atoms with E-state index in [-0.39, 0.29) is 0 Å². The van der Waals surface area contributed by atoms with E-state index in [1.54, 1.807) is 0 Å². The average molecular weight is 372 g/mol. The lowest BCUT2D eigenvalue weighted by Gasteiger charge is -2.45. The Balaban J connectivity index is 2.10. The Bertz CT molecular complexity index is 637. The van der Waals surface area contributed by atoms with E-state index in [9.17, 15) is 35.5 Å². The topological polar surface area (TPSA) is 41.1 Å². The molecule has 10 heteroatoms. The van der Waals surface area contributed by atoms with Crippen molar-refractivity contribution in [1.82, 2.24) is 10.6 Å². The highest BCUT2D eigenvalue weighted by Gasteiger charge is 2.54.